The molecular weight excluding hydrogens is 284 g/mol. The van der Waals surface area contributed by atoms with Crippen LogP contribution in [0.25, 0.3) is 10.8 Å². The van der Waals surface area contributed by atoms with E-state index < -0.39 is 0 Å². The Labute approximate surface area is 135 Å². The minimum absolute atomic E-state index is 0.0965. The highest BCUT2D eigenvalue weighted by atomic mass is 16.2. The first kappa shape index (κ1) is 13.9. The Morgan fingerprint density at radius 3 is 2.74 bits per heavy atom. The third-order valence-electron chi connectivity index (χ3n) is 4.65. The highest BCUT2D eigenvalue weighted by Crippen LogP contribution is 2.37. The van der Waals surface area contributed by atoms with E-state index in [0.29, 0.717) is 0 Å². The summed E-state index contributed by atoms with van der Waals surface area (Å²) in [6.45, 7) is 2.38. The van der Waals surface area contributed by atoms with Crippen LogP contribution in [0.1, 0.15) is 29.8 Å². The van der Waals surface area contributed by atoms with Crippen LogP contribution in [0.3, 0.4) is 0 Å². The van der Waals surface area contributed by atoms with Crippen LogP contribution in [0, 0.1) is 0 Å². The van der Waals surface area contributed by atoms with Crippen molar-refractivity contribution in [2.24, 2.45) is 0 Å². The lowest BCUT2D eigenvalue weighted by molar-refractivity contribution is -0.130. The standard InChI is InChI=1S/C20H18N2O/c1-14(23)22-13-11-16-7-3-5-9-18(16)20(22)19-17-8-4-2-6-15(17)10-12-21-19/h2-10,12,20H,11,13H2,1H3/t20-/m1/s1. The van der Waals surface area contributed by atoms with E-state index >= 15 is 0 Å². The maximum absolute atomic E-state index is 12.2. The summed E-state index contributed by atoms with van der Waals surface area (Å²) in [5.74, 6) is 0.0965. The molecule has 4 rings (SSSR count). The Morgan fingerprint density at radius 1 is 1.09 bits per heavy atom. The van der Waals surface area contributed by atoms with E-state index in [1.807, 2.05) is 35.4 Å². The van der Waals surface area contributed by atoms with E-state index in [9.17, 15) is 4.79 Å². The first-order valence-corrected chi connectivity index (χ1v) is 7.94. The minimum Gasteiger partial charge on any atom is -0.330 e. The number of fused-ring (bicyclic) bond motifs is 2. The van der Waals surface area contributed by atoms with Crippen molar-refractivity contribution < 1.29 is 4.79 Å². The Morgan fingerprint density at radius 2 is 1.87 bits per heavy atom. The fourth-order valence-electron chi connectivity index (χ4n) is 3.56. The van der Waals surface area contributed by atoms with Crippen LogP contribution < -0.4 is 0 Å². The average molecular weight is 302 g/mol. The smallest absolute Gasteiger partial charge is 0.220 e. The zero-order valence-corrected chi connectivity index (χ0v) is 13.1. The topological polar surface area (TPSA) is 33.2 Å². The van der Waals surface area contributed by atoms with Crippen molar-refractivity contribution in [3.8, 4) is 0 Å². The van der Waals surface area contributed by atoms with Crippen molar-refractivity contribution in [2.75, 3.05) is 6.54 Å². The van der Waals surface area contributed by atoms with Crippen LogP contribution in [0.5, 0.6) is 0 Å². The van der Waals surface area contributed by atoms with E-state index in [1.54, 1.807) is 6.92 Å². The fraction of sp³-hybridized carbons (Fsp3) is 0.200. The molecule has 1 aromatic heterocycles. The number of benzene rings is 2. The second-order valence-corrected chi connectivity index (χ2v) is 5.98. The monoisotopic (exact) mass is 302 g/mol. The summed E-state index contributed by atoms with van der Waals surface area (Å²) in [5.41, 5.74) is 3.47. The summed E-state index contributed by atoms with van der Waals surface area (Å²) < 4.78 is 0. The number of nitrogens with zero attached hydrogens (tertiary/aromatic N) is 2. The van der Waals surface area contributed by atoms with Gasteiger partial charge in [0.15, 0.2) is 0 Å². The van der Waals surface area contributed by atoms with Crippen molar-refractivity contribution in [1.29, 1.82) is 0 Å². The summed E-state index contributed by atoms with van der Waals surface area (Å²) in [6, 6.07) is 18.5. The molecule has 1 aliphatic rings. The molecule has 3 nitrogen and oxygen atoms in total. The third kappa shape index (κ3) is 2.29. The number of hydrogen-bond donors (Lipinski definition) is 0. The summed E-state index contributed by atoms with van der Waals surface area (Å²) in [6.07, 6.45) is 2.74. The molecule has 0 bridgehead atoms. The molecule has 1 aliphatic heterocycles. The molecule has 0 aliphatic carbocycles. The van der Waals surface area contributed by atoms with Crippen molar-refractivity contribution in [3.05, 3.63) is 77.6 Å². The lowest BCUT2D eigenvalue weighted by Crippen LogP contribution is -2.39. The van der Waals surface area contributed by atoms with Gasteiger partial charge in [0.2, 0.25) is 5.91 Å². The Hall–Kier alpha value is -2.68. The highest BCUT2D eigenvalue weighted by Gasteiger charge is 2.32. The van der Waals surface area contributed by atoms with Crippen LogP contribution in [0.15, 0.2) is 60.8 Å². The molecule has 1 amide bonds. The molecule has 0 unspecified atom stereocenters. The Kier molecular flexibility index (Phi) is 3.34. The lowest BCUT2D eigenvalue weighted by atomic mass is 9.88. The molecule has 0 saturated carbocycles. The second kappa shape index (κ2) is 5.51. The van der Waals surface area contributed by atoms with Gasteiger partial charge in [0, 0.05) is 25.1 Å². The van der Waals surface area contributed by atoms with Crippen molar-refractivity contribution in [1.82, 2.24) is 9.88 Å². The van der Waals surface area contributed by atoms with Crippen molar-refractivity contribution >= 4 is 16.7 Å². The number of aromatic nitrogens is 1. The van der Waals surface area contributed by atoms with Gasteiger partial charge < -0.3 is 4.90 Å². The first-order valence-electron chi connectivity index (χ1n) is 7.94. The number of carbonyl (C=O) groups is 1. The van der Waals surface area contributed by atoms with Crippen LogP contribution in [0.2, 0.25) is 0 Å². The van der Waals surface area contributed by atoms with Gasteiger partial charge in [0.25, 0.3) is 0 Å². The van der Waals surface area contributed by atoms with Crippen molar-refractivity contribution in [2.45, 2.75) is 19.4 Å². The number of carbonyl (C=O) groups excluding carboxylic acids is 1. The van der Waals surface area contributed by atoms with Gasteiger partial charge in [-0.05, 0) is 29.0 Å². The van der Waals surface area contributed by atoms with Gasteiger partial charge in [0.05, 0.1) is 5.69 Å². The molecule has 0 spiro atoms. The van der Waals surface area contributed by atoms with E-state index in [-0.39, 0.29) is 11.9 Å². The molecule has 1 atom stereocenters. The molecule has 2 heterocycles. The Balaban J connectivity index is 1.98. The maximum atomic E-state index is 12.2. The second-order valence-electron chi connectivity index (χ2n) is 5.98. The lowest BCUT2D eigenvalue weighted by Gasteiger charge is -2.37. The van der Waals surface area contributed by atoms with Gasteiger partial charge >= 0.3 is 0 Å². The van der Waals surface area contributed by atoms with E-state index in [4.69, 9.17) is 0 Å². The van der Waals surface area contributed by atoms with E-state index in [0.717, 1.165) is 29.4 Å². The first-order chi connectivity index (χ1) is 11.3. The normalized spacial score (nSPS) is 17.1. The predicted molar refractivity (Wildman–Crippen MR) is 91.1 cm³/mol. The zero-order chi connectivity index (χ0) is 15.8. The van der Waals surface area contributed by atoms with E-state index in [1.165, 1.54) is 11.1 Å². The van der Waals surface area contributed by atoms with Crippen LogP contribution in [-0.2, 0) is 11.2 Å². The molecule has 0 fully saturated rings. The average Bonchev–Trinajstić information content (AvgIpc) is 2.60. The van der Waals surface area contributed by atoms with Gasteiger partial charge in [-0.2, -0.15) is 0 Å². The summed E-state index contributed by atoms with van der Waals surface area (Å²) >= 11 is 0. The minimum atomic E-state index is -0.108. The molecule has 23 heavy (non-hydrogen) atoms. The van der Waals surface area contributed by atoms with Crippen molar-refractivity contribution in [3.63, 3.8) is 0 Å². The molecule has 0 saturated heterocycles. The maximum Gasteiger partial charge on any atom is 0.220 e. The predicted octanol–water partition coefficient (Wildman–Crippen LogP) is 3.73. The number of pyridine rings is 1. The summed E-state index contributed by atoms with van der Waals surface area (Å²) in [4.78, 5) is 18.8. The van der Waals surface area contributed by atoms with Gasteiger partial charge in [0.1, 0.15) is 6.04 Å². The zero-order valence-electron chi connectivity index (χ0n) is 13.1. The van der Waals surface area contributed by atoms with Crippen LogP contribution in [0.4, 0.5) is 0 Å². The molecule has 2 aromatic carbocycles. The van der Waals surface area contributed by atoms with E-state index in [2.05, 4.69) is 35.3 Å². The molecule has 3 heteroatoms. The number of rotatable bonds is 1. The quantitative estimate of drug-likeness (QED) is 0.686. The SMILES string of the molecule is CC(=O)N1CCc2ccccc2[C@@H]1c1nccc2ccccc12. The summed E-state index contributed by atoms with van der Waals surface area (Å²) in [5, 5.41) is 2.27. The largest absolute Gasteiger partial charge is 0.330 e. The summed E-state index contributed by atoms with van der Waals surface area (Å²) in [7, 11) is 0. The molecule has 3 aromatic rings. The Bertz CT molecular complexity index is 882. The van der Waals surface area contributed by atoms with Gasteiger partial charge in [-0.25, -0.2) is 0 Å². The van der Waals surface area contributed by atoms with Gasteiger partial charge in [-0.15, -0.1) is 0 Å². The highest BCUT2D eigenvalue weighted by molar-refractivity contribution is 5.86. The fourth-order valence-corrected chi connectivity index (χ4v) is 3.56. The van der Waals surface area contributed by atoms with Crippen LogP contribution in [-0.4, -0.2) is 22.3 Å². The van der Waals surface area contributed by atoms with Gasteiger partial charge in [-0.3, -0.25) is 9.78 Å². The number of hydrogen-bond acceptors (Lipinski definition) is 2. The van der Waals surface area contributed by atoms with Gasteiger partial charge in [-0.1, -0.05) is 48.5 Å². The molecule has 114 valence electrons. The van der Waals surface area contributed by atoms with Crippen LogP contribution >= 0.6 is 0 Å². The molecular formula is C20H18N2O. The molecule has 0 N–H and O–H groups in total. The third-order valence-corrected chi connectivity index (χ3v) is 4.65. The number of amides is 1. The molecule has 0 radical (unpaired) electrons.